The molecular formula is C24H24N4O3. The van der Waals surface area contributed by atoms with E-state index in [1.54, 1.807) is 54.7 Å². The summed E-state index contributed by atoms with van der Waals surface area (Å²) in [6, 6.07) is 16.0. The van der Waals surface area contributed by atoms with E-state index in [1.165, 1.54) is 0 Å². The van der Waals surface area contributed by atoms with Crippen molar-refractivity contribution in [3.63, 3.8) is 0 Å². The molecule has 31 heavy (non-hydrogen) atoms. The number of ether oxygens (including phenoxy) is 1. The third kappa shape index (κ3) is 4.35. The molecule has 0 spiro atoms. The van der Waals surface area contributed by atoms with Gasteiger partial charge in [-0.2, -0.15) is 0 Å². The van der Waals surface area contributed by atoms with Gasteiger partial charge in [-0.25, -0.2) is 4.79 Å². The van der Waals surface area contributed by atoms with Crippen molar-refractivity contribution < 1.29 is 14.3 Å². The first-order valence-corrected chi connectivity index (χ1v) is 10.1. The number of aromatic nitrogens is 1. The van der Waals surface area contributed by atoms with Gasteiger partial charge < -0.3 is 15.4 Å². The number of anilines is 2. The van der Waals surface area contributed by atoms with Crippen LogP contribution >= 0.6 is 0 Å². The van der Waals surface area contributed by atoms with Crippen LogP contribution in [0.1, 0.15) is 34.5 Å². The van der Waals surface area contributed by atoms with E-state index in [0.717, 1.165) is 22.6 Å². The van der Waals surface area contributed by atoms with E-state index >= 15 is 0 Å². The summed E-state index contributed by atoms with van der Waals surface area (Å²) in [6.07, 6.45) is 4.07. The van der Waals surface area contributed by atoms with Crippen LogP contribution in [0.5, 0.6) is 5.75 Å². The quantitative estimate of drug-likeness (QED) is 0.654. The lowest BCUT2D eigenvalue weighted by Crippen LogP contribution is -2.33. The predicted octanol–water partition coefficient (Wildman–Crippen LogP) is 4.18. The van der Waals surface area contributed by atoms with Crippen LogP contribution in [0, 0.1) is 0 Å². The summed E-state index contributed by atoms with van der Waals surface area (Å²) in [7, 11) is 1.60. The van der Waals surface area contributed by atoms with E-state index in [4.69, 9.17) is 4.74 Å². The van der Waals surface area contributed by atoms with Gasteiger partial charge >= 0.3 is 6.03 Å². The Morgan fingerprint density at radius 1 is 1.10 bits per heavy atom. The summed E-state index contributed by atoms with van der Waals surface area (Å²) in [5, 5.41) is 5.93. The van der Waals surface area contributed by atoms with Gasteiger partial charge in [0.15, 0.2) is 0 Å². The average Bonchev–Trinajstić information content (AvgIpc) is 3.24. The molecule has 0 saturated heterocycles. The smallest absolute Gasteiger partial charge is 0.326 e. The number of amides is 3. The van der Waals surface area contributed by atoms with Crippen LogP contribution in [-0.4, -0.2) is 30.6 Å². The van der Waals surface area contributed by atoms with E-state index in [-0.39, 0.29) is 18.0 Å². The van der Waals surface area contributed by atoms with Crippen LogP contribution in [0.15, 0.2) is 67.0 Å². The molecule has 7 heteroatoms. The van der Waals surface area contributed by atoms with Crippen molar-refractivity contribution in [1.29, 1.82) is 0 Å². The van der Waals surface area contributed by atoms with Crippen LogP contribution in [0.2, 0.25) is 0 Å². The molecule has 0 aliphatic carbocycles. The molecule has 7 nitrogen and oxygen atoms in total. The molecule has 158 valence electrons. The number of carbonyl (C=O) groups is 2. The number of pyridine rings is 1. The number of nitrogens with one attached hydrogen (secondary N) is 2. The average molecular weight is 416 g/mol. The normalized spacial score (nSPS) is 13.3. The topological polar surface area (TPSA) is 83.6 Å². The minimum atomic E-state index is -0.231. The van der Waals surface area contributed by atoms with E-state index in [0.29, 0.717) is 24.2 Å². The second-order valence-electron chi connectivity index (χ2n) is 7.35. The summed E-state index contributed by atoms with van der Waals surface area (Å²) in [4.78, 5) is 31.6. The lowest BCUT2D eigenvalue weighted by Gasteiger charge is -2.19. The second kappa shape index (κ2) is 8.87. The molecule has 0 radical (unpaired) electrons. The number of fused-ring (bicyclic) bond motifs is 1. The van der Waals surface area contributed by atoms with Crippen LogP contribution in [-0.2, 0) is 6.42 Å². The molecule has 4 rings (SSSR count). The van der Waals surface area contributed by atoms with E-state index < -0.39 is 0 Å². The fourth-order valence-electron chi connectivity index (χ4n) is 3.71. The molecule has 0 saturated carbocycles. The molecule has 1 atom stereocenters. The third-order valence-corrected chi connectivity index (χ3v) is 5.39. The highest BCUT2D eigenvalue weighted by molar-refractivity contribution is 6.05. The molecule has 2 aromatic carbocycles. The first-order valence-electron chi connectivity index (χ1n) is 10.1. The zero-order valence-corrected chi connectivity index (χ0v) is 17.5. The largest absolute Gasteiger partial charge is 0.497 e. The number of hydrogen-bond donors (Lipinski definition) is 2. The Labute approximate surface area is 181 Å². The van der Waals surface area contributed by atoms with Gasteiger partial charge in [-0.15, -0.1) is 0 Å². The molecule has 1 aromatic heterocycles. The minimum Gasteiger partial charge on any atom is -0.497 e. The Balaban J connectivity index is 1.49. The van der Waals surface area contributed by atoms with Gasteiger partial charge in [-0.1, -0.05) is 12.1 Å². The zero-order valence-electron chi connectivity index (χ0n) is 17.5. The molecule has 0 bridgehead atoms. The van der Waals surface area contributed by atoms with Gasteiger partial charge in [0.25, 0.3) is 5.91 Å². The minimum absolute atomic E-state index is 0.161. The van der Waals surface area contributed by atoms with Crippen molar-refractivity contribution in [3.8, 4) is 5.75 Å². The maximum Gasteiger partial charge on any atom is 0.326 e. The second-order valence-corrected chi connectivity index (χ2v) is 7.35. The van der Waals surface area contributed by atoms with Crippen molar-refractivity contribution in [1.82, 2.24) is 10.3 Å². The number of nitrogens with zero attached hydrogens (tertiary/aromatic N) is 2. The van der Waals surface area contributed by atoms with Crippen molar-refractivity contribution >= 4 is 23.3 Å². The van der Waals surface area contributed by atoms with E-state index in [9.17, 15) is 9.59 Å². The van der Waals surface area contributed by atoms with Crippen molar-refractivity contribution in [2.45, 2.75) is 19.4 Å². The standard InChI is InChI=1S/C24H24N4O3/c1-16(17-5-4-13-25-15-17)26-23(29)21-6-3-7-22-20(21)12-14-28(22)24(30)27-18-8-10-19(31-2)11-9-18/h3-11,13,15-16H,12,14H2,1-2H3,(H,26,29)(H,27,30)/t16-/m1/s1. The Bertz CT molecular complexity index is 1080. The van der Waals surface area contributed by atoms with E-state index in [1.807, 2.05) is 31.2 Å². The Hall–Kier alpha value is -3.87. The summed E-state index contributed by atoms with van der Waals surface area (Å²) in [5.41, 5.74) is 3.84. The molecule has 3 amide bonds. The zero-order chi connectivity index (χ0) is 21.8. The molecule has 0 fully saturated rings. The van der Waals surface area contributed by atoms with Gasteiger partial charge in [0.05, 0.1) is 13.2 Å². The molecule has 3 aromatic rings. The summed E-state index contributed by atoms with van der Waals surface area (Å²) >= 11 is 0. The fraction of sp³-hybridized carbons (Fsp3) is 0.208. The first kappa shape index (κ1) is 20.4. The molecule has 1 aliphatic rings. The number of carbonyl (C=O) groups excluding carboxylic acids is 2. The molecular weight excluding hydrogens is 392 g/mol. The number of benzene rings is 2. The summed E-state index contributed by atoms with van der Waals surface area (Å²) < 4.78 is 5.15. The Morgan fingerprint density at radius 3 is 2.61 bits per heavy atom. The Kier molecular flexibility index (Phi) is 5.84. The van der Waals surface area contributed by atoms with Crippen LogP contribution < -0.4 is 20.3 Å². The van der Waals surface area contributed by atoms with Gasteiger partial charge in [-0.3, -0.25) is 14.7 Å². The monoisotopic (exact) mass is 416 g/mol. The predicted molar refractivity (Wildman–Crippen MR) is 120 cm³/mol. The van der Waals surface area contributed by atoms with Crippen LogP contribution in [0.25, 0.3) is 0 Å². The SMILES string of the molecule is COc1ccc(NC(=O)N2CCc3c(C(=O)N[C@H](C)c4cccnc4)cccc32)cc1. The third-order valence-electron chi connectivity index (χ3n) is 5.39. The Morgan fingerprint density at radius 2 is 1.90 bits per heavy atom. The number of urea groups is 1. The fourth-order valence-corrected chi connectivity index (χ4v) is 3.71. The van der Waals surface area contributed by atoms with E-state index in [2.05, 4.69) is 15.6 Å². The highest BCUT2D eigenvalue weighted by atomic mass is 16.5. The maximum absolute atomic E-state index is 13.0. The van der Waals surface area contributed by atoms with Crippen molar-refractivity contribution in [3.05, 3.63) is 83.7 Å². The maximum atomic E-state index is 13.0. The molecule has 1 aliphatic heterocycles. The molecule has 0 unspecified atom stereocenters. The van der Waals surface area contributed by atoms with Gasteiger partial charge in [0.1, 0.15) is 5.75 Å². The van der Waals surface area contributed by atoms with Gasteiger partial charge in [0, 0.05) is 35.9 Å². The van der Waals surface area contributed by atoms with Crippen molar-refractivity contribution in [2.75, 3.05) is 23.9 Å². The summed E-state index contributed by atoms with van der Waals surface area (Å²) in [6.45, 7) is 2.44. The lowest BCUT2D eigenvalue weighted by atomic mass is 10.0. The van der Waals surface area contributed by atoms with Crippen LogP contribution in [0.4, 0.5) is 16.2 Å². The van der Waals surface area contributed by atoms with Crippen LogP contribution in [0.3, 0.4) is 0 Å². The molecule has 2 N–H and O–H groups in total. The highest BCUT2D eigenvalue weighted by Gasteiger charge is 2.28. The summed E-state index contributed by atoms with van der Waals surface area (Å²) in [5.74, 6) is 0.561. The van der Waals surface area contributed by atoms with Crippen molar-refractivity contribution in [2.24, 2.45) is 0 Å². The number of rotatable bonds is 5. The number of hydrogen-bond acceptors (Lipinski definition) is 4. The first-order chi connectivity index (χ1) is 15.1. The van der Waals surface area contributed by atoms with Gasteiger partial charge in [0.2, 0.25) is 0 Å². The lowest BCUT2D eigenvalue weighted by molar-refractivity contribution is 0.0939. The van der Waals surface area contributed by atoms with Gasteiger partial charge in [-0.05, 0) is 66.9 Å². The highest BCUT2D eigenvalue weighted by Crippen LogP contribution is 2.31. The number of methoxy groups -OCH3 is 1. The molecule has 2 heterocycles.